The fraction of sp³-hybridized carbons (Fsp3) is 0.429. The molecule has 0 radical (unpaired) electrons. The van der Waals surface area contributed by atoms with Crippen molar-refractivity contribution in [3.8, 4) is 0 Å². The van der Waals surface area contributed by atoms with Gasteiger partial charge in [-0.2, -0.15) is 0 Å². The molecule has 3 rings (SSSR count). The first-order chi connectivity index (χ1) is 11.2. The molecular formula is C21H27NO. The number of rotatable bonds is 6. The van der Waals surface area contributed by atoms with Crippen LogP contribution in [-0.2, 0) is 10.3 Å². The van der Waals surface area contributed by atoms with Gasteiger partial charge in [0, 0.05) is 0 Å². The second-order valence-corrected chi connectivity index (χ2v) is 6.70. The van der Waals surface area contributed by atoms with Gasteiger partial charge in [-0.1, -0.05) is 61.5 Å². The molecule has 2 aromatic rings. The van der Waals surface area contributed by atoms with Gasteiger partial charge in [0.1, 0.15) is 5.60 Å². The lowest BCUT2D eigenvalue weighted by molar-refractivity contribution is -0.0572. The van der Waals surface area contributed by atoms with Crippen molar-refractivity contribution in [2.75, 3.05) is 20.6 Å². The molecule has 0 saturated heterocycles. The molecule has 1 heterocycles. The second-order valence-electron chi connectivity index (χ2n) is 6.70. The summed E-state index contributed by atoms with van der Waals surface area (Å²) in [6.45, 7) is 3.29. The maximum atomic E-state index is 6.72. The van der Waals surface area contributed by atoms with E-state index >= 15 is 0 Å². The van der Waals surface area contributed by atoms with Crippen molar-refractivity contribution in [2.24, 2.45) is 0 Å². The Morgan fingerprint density at radius 3 is 2.39 bits per heavy atom. The molecular weight excluding hydrogens is 282 g/mol. The predicted octanol–water partition coefficient (Wildman–Crippen LogP) is 4.75. The Balaban J connectivity index is 2.03. The number of benzene rings is 2. The Hall–Kier alpha value is -1.64. The molecule has 0 spiro atoms. The van der Waals surface area contributed by atoms with E-state index in [0.717, 1.165) is 25.8 Å². The molecule has 122 valence electrons. The average Bonchev–Trinajstić information content (AvgIpc) is 2.91. The van der Waals surface area contributed by atoms with Crippen LogP contribution in [0.5, 0.6) is 0 Å². The standard InChI is InChI=1S/C21H27NO/c1-4-20-18-13-8-9-14-19(18)21(23-20,15-10-16-22(2)3)17-11-6-5-7-12-17/h5-9,11-14,20H,4,10,15-16H2,1-3H3. The van der Waals surface area contributed by atoms with Crippen LogP contribution in [0.2, 0.25) is 0 Å². The lowest BCUT2D eigenvalue weighted by Crippen LogP contribution is -2.29. The van der Waals surface area contributed by atoms with Crippen LogP contribution in [0.3, 0.4) is 0 Å². The van der Waals surface area contributed by atoms with E-state index < -0.39 is 0 Å². The number of fused-ring (bicyclic) bond motifs is 1. The van der Waals surface area contributed by atoms with Crippen LogP contribution in [0.1, 0.15) is 49.0 Å². The molecule has 0 aliphatic carbocycles. The van der Waals surface area contributed by atoms with Crippen LogP contribution in [0.4, 0.5) is 0 Å². The largest absolute Gasteiger partial charge is 0.358 e. The molecule has 23 heavy (non-hydrogen) atoms. The topological polar surface area (TPSA) is 12.5 Å². The highest BCUT2D eigenvalue weighted by molar-refractivity contribution is 5.45. The lowest BCUT2D eigenvalue weighted by Gasteiger charge is -2.32. The quantitative estimate of drug-likeness (QED) is 0.763. The molecule has 2 unspecified atom stereocenters. The van der Waals surface area contributed by atoms with Gasteiger partial charge < -0.3 is 9.64 Å². The summed E-state index contributed by atoms with van der Waals surface area (Å²) in [6.07, 6.45) is 3.35. The highest BCUT2D eigenvalue weighted by atomic mass is 16.5. The first-order valence-corrected chi connectivity index (χ1v) is 8.65. The van der Waals surface area contributed by atoms with Crippen LogP contribution in [0.25, 0.3) is 0 Å². The molecule has 1 aliphatic heterocycles. The molecule has 0 bridgehead atoms. The monoisotopic (exact) mass is 309 g/mol. The van der Waals surface area contributed by atoms with Gasteiger partial charge in [-0.3, -0.25) is 0 Å². The molecule has 2 nitrogen and oxygen atoms in total. The van der Waals surface area contributed by atoms with Crippen molar-refractivity contribution in [3.63, 3.8) is 0 Å². The summed E-state index contributed by atoms with van der Waals surface area (Å²) in [5.74, 6) is 0. The zero-order valence-corrected chi connectivity index (χ0v) is 14.5. The van der Waals surface area contributed by atoms with E-state index in [2.05, 4.69) is 80.5 Å². The van der Waals surface area contributed by atoms with Crippen molar-refractivity contribution in [2.45, 2.75) is 37.9 Å². The van der Waals surface area contributed by atoms with Gasteiger partial charge in [0.15, 0.2) is 0 Å². The molecule has 0 saturated carbocycles. The number of hydrogen-bond donors (Lipinski definition) is 0. The smallest absolute Gasteiger partial charge is 0.119 e. The SMILES string of the molecule is CCC1OC(CCCN(C)C)(c2ccccc2)c2ccccc21. The molecule has 2 heteroatoms. The minimum atomic E-state index is -0.297. The Labute approximate surface area is 140 Å². The molecule has 0 amide bonds. The number of hydrogen-bond acceptors (Lipinski definition) is 2. The van der Waals surface area contributed by atoms with E-state index in [-0.39, 0.29) is 11.7 Å². The maximum absolute atomic E-state index is 6.72. The van der Waals surface area contributed by atoms with E-state index in [1.807, 2.05) is 0 Å². The first-order valence-electron chi connectivity index (χ1n) is 8.65. The number of nitrogens with zero attached hydrogens (tertiary/aromatic N) is 1. The van der Waals surface area contributed by atoms with Crippen LogP contribution in [0, 0.1) is 0 Å². The van der Waals surface area contributed by atoms with Crippen molar-refractivity contribution >= 4 is 0 Å². The van der Waals surface area contributed by atoms with Crippen molar-refractivity contribution in [3.05, 3.63) is 71.3 Å². The summed E-state index contributed by atoms with van der Waals surface area (Å²) in [5, 5.41) is 0. The number of ether oxygens (including phenoxy) is 1. The lowest BCUT2D eigenvalue weighted by atomic mass is 9.81. The van der Waals surface area contributed by atoms with Crippen LogP contribution < -0.4 is 0 Å². The fourth-order valence-electron chi connectivity index (χ4n) is 3.73. The maximum Gasteiger partial charge on any atom is 0.119 e. The molecule has 0 N–H and O–H groups in total. The van der Waals surface area contributed by atoms with E-state index in [0.29, 0.717) is 0 Å². The highest BCUT2D eigenvalue weighted by Crippen LogP contribution is 2.51. The summed E-state index contributed by atoms with van der Waals surface area (Å²) < 4.78 is 6.72. The van der Waals surface area contributed by atoms with Gasteiger partial charge in [0.2, 0.25) is 0 Å². The van der Waals surface area contributed by atoms with Crippen LogP contribution >= 0.6 is 0 Å². The van der Waals surface area contributed by atoms with Crippen molar-refractivity contribution < 1.29 is 4.74 Å². The molecule has 0 fully saturated rings. The van der Waals surface area contributed by atoms with E-state index in [4.69, 9.17) is 4.74 Å². The summed E-state index contributed by atoms with van der Waals surface area (Å²) >= 11 is 0. The summed E-state index contributed by atoms with van der Waals surface area (Å²) in [6, 6.07) is 19.5. The first kappa shape index (κ1) is 16.2. The second kappa shape index (κ2) is 6.86. The average molecular weight is 309 g/mol. The summed E-state index contributed by atoms with van der Waals surface area (Å²) in [5.41, 5.74) is 3.71. The molecule has 2 aromatic carbocycles. The Morgan fingerprint density at radius 1 is 1.00 bits per heavy atom. The zero-order valence-electron chi connectivity index (χ0n) is 14.5. The normalized spacial score (nSPS) is 23.2. The van der Waals surface area contributed by atoms with Crippen molar-refractivity contribution in [1.29, 1.82) is 0 Å². The van der Waals surface area contributed by atoms with Crippen molar-refractivity contribution in [1.82, 2.24) is 4.90 Å². The zero-order chi connectivity index (χ0) is 16.3. The summed E-state index contributed by atoms with van der Waals surface area (Å²) in [4.78, 5) is 2.25. The third-order valence-corrected chi connectivity index (χ3v) is 4.83. The molecule has 1 aliphatic rings. The Morgan fingerprint density at radius 2 is 1.70 bits per heavy atom. The molecule has 0 aromatic heterocycles. The van der Waals surface area contributed by atoms with Gasteiger partial charge in [-0.05, 0) is 56.6 Å². The van der Waals surface area contributed by atoms with Gasteiger partial charge >= 0.3 is 0 Å². The highest BCUT2D eigenvalue weighted by Gasteiger charge is 2.44. The van der Waals surface area contributed by atoms with Crippen LogP contribution in [-0.4, -0.2) is 25.5 Å². The molecule has 2 atom stereocenters. The van der Waals surface area contributed by atoms with Gasteiger partial charge in [-0.15, -0.1) is 0 Å². The Kier molecular flexibility index (Phi) is 4.84. The Bertz CT molecular complexity index is 637. The minimum absolute atomic E-state index is 0.200. The van der Waals surface area contributed by atoms with Gasteiger partial charge in [-0.25, -0.2) is 0 Å². The van der Waals surface area contributed by atoms with Crippen LogP contribution in [0.15, 0.2) is 54.6 Å². The van der Waals surface area contributed by atoms with E-state index in [1.54, 1.807) is 0 Å². The van der Waals surface area contributed by atoms with Gasteiger partial charge in [0.05, 0.1) is 6.10 Å². The predicted molar refractivity (Wildman–Crippen MR) is 95.6 cm³/mol. The van der Waals surface area contributed by atoms with Gasteiger partial charge in [0.25, 0.3) is 0 Å². The van der Waals surface area contributed by atoms with E-state index in [1.165, 1.54) is 16.7 Å². The summed E-state index contributed by atoms with van der Waals surface area (Å²) in [7, 11) is 4.26. The third kappa shape index (κ3) is 3.06. The van der Waals surface area contributed by atoms with E-state index in [9.17, 15) is 0 Å². The fourth-order valence-corrected chi connectivity index (χ4v) is 3.73. The minimum Gasteiger partial charge on any atom is -0.358 e. The third-order valence-electron chi connectivity index (χ3n) is 4.83.